The van der Waals surface area contributed by atoms with E-state index in [1.165, 1.54) is 0 Å². The van der Waals surface area contributed by atoms with Crippen molar-refractivity contribution in [2.24, 2.45) is 5.73 Å². The number of rotatable bonds is 8. The average molecular weight is 245 g/mol. The molecule has 96 valence electrons. The molecule has 0 spiro atoms. The first-order valence-electron chi connectivity index (χ1n) is 6.29. The maximum Gasteiger partial charge on any atom is 0.322 e. The van der Waals surface area contributed by atoms with Gasteiger partial charge in [-0.2, -0.15) is 0 Å². The maximum atomic E-state index is 11.5. The molecule has 0 radical (unpaired) electrons. The van der Waals surface area contributed by atoms with Crippen LogP contribution in [0.25, 0.3) is 0 Å². The lowest BCUT2D eigenvalue weighted by atomic mass is 10.1. The number of nitrogens with two attached hydrogens (primary N) is 1. The van der Waals surface area contributed by atoms with E-state index in [-0.39, 0.29) is 5.97 Å². The zero-order valence-corrected chi connectivity index (χ0v) is 12.2. The van der Waals surface area contributed by atoms with E-state index < -0.39 is 14.1 Å². The van der Waals surface area contributed by atoms with E-state index in [1.54, 1.807) is 0 Å². The predicted octanol–water partition coefficient (Wildman–Crippen LogP) is 2.78. The van der Waals surface area contributed by atoms with Crippen molar-refractivity contribution in [3.05, 3.63) is 0 Å². The summed E-state index contributed by atoms with van der Waals surface area (Å²) in [5.41, 5.74) is 5.74. The monoisotopic (exact) mass is 245 g/mol. The van der Waals surface area contributed by atoms with Crippen LogP contribution in [0.3, 0.4) is 0 Å². The summed E-state index contributed by atoms with van der Waals surface area (Å²) in [6.07, 6.45) is 4.05. The summed E-state index contributed by atoms with van der Waals surface area (Å²) in [5.74, 6) is -0.227. The van der Waals surface area contributed by atoms with Crippen molar-refractivity contribution in [3.8, 4) is 0 Å². The fourth-order valence-electron chi connectivity index (χ4n) is 1.30. The smallest absolute Gasteiger partial charge is 0.322 e. The third-order valence-corrected chi connectivity index (χ3v) is 4.22. The van der Waals surface area contributed by atoms with E-state index in [1.807, 2.05) is 0 Å². The van der Waals surface area contributed by atoms with Crippen molar-refractivity contribution in [1.29, 1.82) is 0 Å². The molecule has 0 aliphatic rings. The van der Waals surface area contributed by atoms with Gasteiger partial charge in [0.1, 0.15) is 6.04 Å². The van der Waals surface area contributed by atoms with Crippen molar-refractivity contribution in [3.63, 3.8) is 0 Å². The minimum atomic E-state index is -1.11. The lowest BCUT2D eigenvalue weighted by Gasteiger charge is -2.16. The Balaban J connectivity index is 3.63. The third kappa shape index (κ3) is 8.92. The number of unbranched alkanes of at least 4 members (excludes halogenated alkanes) is 2. The molecule has 0 aromatic carbocycles. The molecule has 0 aliphatic heterocycles. The van der Waals surface area contributed by atoms with Crippen LogP contribution in [0.15, 0.2) is 0 Å². The van der Waals surface area contributed by atoms with Gasteiger partial charge >= 0.3 is 5.97 Å². The number of carbonyl (C=O) groups excluding carboxylic acids is 1. The van der Waals surface area contributed by atoms with Gasteiger partial charge in [-0.05, 0) is 12.5 Å². The Morgan fingerprint density at radius 2 is 1.94 bits per heavy atom. The highest BCUT2D eigenvalue weighted by Gasteiger charge is 2.17. The Labute approximate surface area is 101 Å². The predicted molar refractivity (Wildman–Crippen MR) is 71.2 cm³/mol. The molecule has 0 saturated heterocycles. The summed E-state index contributed by atoms with van der Waals surface area (Å²) in [7, 11) is -1.11. The average Bonchev–Trinajstić information content (AvgIpc) is 2.15. The van der Waals surface area contributed by atoms with Crippen LogP contribution in [-0.4, -0.2) is 26.7 Å². The van der Waals surface area contributed by atoms with Gasteiger partial charge in [0, 0.05) is 8.07 Å². The number of esters is 1. The van der Waals surface area contributed by atoms with Crippen molar-refractivity contribution >= 4 is 14.0 Å². The second-order valence-electron chi connectivity index (χ2n) is 5.58. The van der Waals surface area contributed by atoms with E-state index >= 15 is 0 Å². The molecule has 0 amide bonds. The summed E-state index contributed by atoms with van der Waals surface area (Å²) < 4.78 is 5.18. The summed E-state index contributed by atoms with van der Waals surface area (Å²) in [4.78, 5) is 11.5. The maximum absolute atomic E-state index is 11.5. The standard InChI is InChI=1S/C12H27NO2Si/c1-5-6-7-8-11(13)12(14)15-9-10-16(2,3)4/h11H,5-10,13H2,1-4H3/t11-/m1/s1. The van der Waals surface area contributed by atoms with Gasteiger partial charge in [-0.25, -0.2) is 0 Å². The topological polar surface area (TPSA) is 52.3 Å². The third-order valence-electron chi connectivity index (χ3n) is 2.52. The first-order chi connectivity index (χ1) is 7.37. The first-order valence-corrected chi connectivity index (χ1v) is 9.99. The van der Waals surface area contributed by atoms with Crippen molar-refractivity contribution in [2.75, 3.05) is 6.61 Å². The van der Waals surface area contributed by atoms with E-state index in [0.717, 1.165) is 31.7 Å². The van der Waals surface area contributed by atoms with E-state index in [4.69, 9.17) is 10.5 Å². The van der Waals surface area contributed by atoms with Gasteiger partial charge in [-0.1, -0.05) is 45.8 Å². The van der Waals surface area contributed by atoms with Gasteiger partial charge in [0.05, 0.1) is 6.61 Å². The minimum absolute atomic E-state index is 0.227. The lowest BCUT2D eigenvalue weighted by Crippen LogP contribution is -2.33. The van der Waals surface area contributed by atoms with Crippen LogP contribution >= 0.6 is 0 Å². The molecule has 0 aromatic heterocycles. The molecular formula is C12H27NO2Si. The van der Waals surface area contributed by atoms with Crippen molar-refractivity contribution < 1.29 is 9.53 Å². The molecular weight excluding hydrogens is 218 g/mol. The van der Waals surface area contributed by atoms with Crippen LogP contribution in [0, 0.1) is 0 Å². The molecule has 4 heteroatoms. The second kappa shape index (κ2) is 7.85. The Morgan fingerprint density at radius 1 is 1.31 bits per heavy atom. The Bertz CT molecular complexity index is 202. The summed E-state index contributed by atoms with van der Waals surface area (Å²) in [6, 6.07) is 0.591. The number of hydrogen-bond donors (Lipinski definition) is 1. The van der Waals surface area contributed by atoms with Gasteiger partial charge in [-0.3, -0.25) is 4.79 Å². The minimum Gasteiger partial charge on any atom is -0.465 e. The van der Waals surface area contributed by atoms with Crippen LogP contribution in [0.1, 0.15) is 32.6 Å². The highest BCUT2D eigenvalue weighted by atomic mass is 28.3. The fourth-order valence-corrected chi connectivity index (χ4v) is 2.01. The molecule has 1 atom stereocenters. The van der Waals surface area contributed by atoms with Crippen LogP contribution in [0.2, 0.25) is 25.7 Å². The van der Waals surface area contributed by atoms with Crippen LogP contribution in [0.5, 0.6) is 0 Å². The fraction of sp³-hybridized carbons (Fsp3) is 0.917. The second-order valence-corrected chi connectivity index (χ2v) is 11.2. The quantitative estimate of drug-likeness (QED) is 0.406. The zero-order chi connectivity index (χ0) is 12.6. The van der Waals surface area contributed by atoms with Crippen molar-refractivity contribution in [2.45, 2.75) is 64.3 Å². The SMILES string of the molecule is CCCCC[C@@H](N)C(=O)OCC[Si](C)(C)C. The highest BCUT2D eigenvalue weighted by molar-refractivity contribution is 6.76. The Morgan fingerprint density at radius 3 is 2.44 bits per heavy atom. The van der Waals surface area contributed by atoms with Gasteiger partial charge in [0.2, 0.25) is 0 Å². The molecule has 0 unspecified atom stereocenters. The van der Waals surface area contributed by atoms with Crippen molar-refractivity contribution in [1.82, 2.24) is 0 Å². The molecule has 0 bridgehead atoms. The molecule has 3 nitrogen and oxygen atoms in total. The van der Waals surface area contributed by atoms with Gasteiger partial charge < -0.3 is 10.5 Å². The van der Waals surface area contributed by atoms with E-state index in [9.17, 15) is 4.79 Å². The molecule has 0 aliphatic carbocycles. The molecule has 16 heavy (non-hydrogen) atoms. The first kappa shape index (κ1) is 15.6. The van der Waals surface area contributed by atoms with Crippen LogP contribution < -0.4 is 5.73 Å². The number of ether oxygens (including phenoxy) is 1. The molecule has 0 heterocycles. The largest absolute Gasteiger partial charge is 0.465 e. The Hall–Kier alpha value is -0.353. The summed E-state index contributed by atoms with van der Waals surface area (Å²) >= 11 is 0. The molecule has 0 aromatic rings. The number of carbonyl (C=O) groups is 1. The lowest BCUT2D eigenvalue weighted by molar-refractivity contribution is -0.144. The van der Waals surface area contributed by atoms with Crippen LogP contribution in [0.4, 0.5) is 0 Å². The molecule has 0 fully saturated rings. The molecule has 0 rings (SSSR count). The Kier molecular flexibility index (Phi) is 7.67. The summed E-state index contributed by atoms with van der Waals surface area (Å²) in [5, 5.41) is 0. The van der Waals surface area contributed by atoms with Gasteiger partial charge in [0.15, 0.2) is 0 Å². The molecule has 0 saturated carbocycles. The summed E-state index contributed by atoms with van der Waals surface area (Å²) in [6.45, 7) is 9.47. The van der Waals surface area contributed by atoms with Crippen LogP contribution in [-0.2, 0) is 9.53 Å². The van der Waals surface area contributed by atoms with E-state index in [2.05, 4.69) is 26.6 Å². The normalized spacial score (nSPS) is 13.6. The molecule has 2 N–H and O–H groups in total. The van der Waals surface area contributed by atoms with Gasteiger partial charge in [0.25, 0.3) is 0 Å². The van der Waals surface area contributed by atoms with E-state index in [0.29, 0.717) is 6.61 Å². The van der Waals surface area contributed by atoms with Gasteiger partial charge in [-0.15, -0.1) is 0 Å². The zero-order valence-electron chi connectivity index (χ0n) is 11.2. The number of hydrogen-bond acceptors (Lipinski definition) is 3. The highest BCUT2D eigenvalue weighted by Crippen LogP contribution is 2.08.